The van der Waals surface area contributed by atoms with Gasteiger partial charge in [0.2, 0.25) is 0 Å². The molecule has 0 nitrogen and oxygen atoms in total. The van der Waals surface area contributed by atoms with Gasteiger partial charge in [-0.25, -0.2) is 0 Å². The number of allylic oxidation sites excluding steroid dienone is 2. The summed E-state index contributed by atoms with van der Waals surface area (Å²) >= 11 is -0.826. The third kappa shape index (κ3) is 4.24. The standard InChI is InChI=1S/C21H21.2ClH.Zr/c1-15(16-6-3-2-4-7-16)12-19-10-11-20-13-17-8-5-9-18(17)14-21(19)20;;;/h2-4,6-7,10-11,13-15H,5,8-9,12H2,1H3;2*1H;/q;;;+2/p-2. The Hall–Kier alpha value is -0.357. The van der Waals surface area contributed by atoms with E-state index in [0.717, 1.165) is 6.42 Å². The van der Waals surface area contributed by atoms with Gasteiger partial charge >= 0.3 is 37.9 Å². The molecule has 0 saturated heterocycles. The Morgan fingerprint density at radius 2 is 1.71 bits per heavy atom. The van der Waals surface area contributed by atoms with Crippen LogP contribution in [0.25, 0.3) is 5.57 Å². The molecular formula is C21H21Cl2Zr. The van der Waals surface area contributed by atoms with E-state index in [1.165, 1.54) is 41.5 Å². The van der Waals surface area contributed by atoms with Gasteiger partial charge in [0.05, 0.1) is 0 Å². The zero-order valence-corrected chi connectivity index (χ0v) is 17.8. The fraction of sp³-hybridized carbons (Fsp3) is 0.286. The number of aryl methyl sites for hydroxylation is 2. The predicted octanol–water partition coefficient (Wildman–Crippen LogP) is 6.69. The van der Waals surface area contributed by atoms with Crippen molar-refractivity contribution in [3.8, 4) is 0 Å². The van der Waals surface area contributed by atoms with Gasteiger partial charge in [0.1, 0.15) is 0 Å². The molecule has 0 N–H and O–H groups in total. The molecule has 0 amide bonds. The van der Waals surface area contributed by atoms with Crippen LogP contribution >= 0.6 is 17.0 Å². The average molecular weight is 436 g/mol. The van der Waals surface area contributed by atoms with Crippen molar-refractivity contribution in [2.45, 2.75) is 38.5 Å². The van der Waals surface area contributed by atoms with E-state index in [2.05, 4.69) is 61.9 Å². The molecule has 0 heterocycles. The Morgan fingerprint density at radius 3 is 2.42 bits per heavy atom. The van der Waals surface area contributed by atoms with E-state index in [9.17, 15) is 0 Å². The van der Waals surface area contributed by atoms with Gasteiger partial charge in [0.15, 0.2) is 0 Å². The molecule has 2 aliphatic carbocycles. The molecule has 2 aromatic rings. The first-order valence-corrected chi connectivity index (χ1v) is 14.8. The number of benzene rings is 2. The fourth-order valence-electron chi connectivity index (χ4n) is 3.75. The van der Waals surface area contributed by atoms with E-state index >= 15 is 0 Å². The average Bonchev–Trinajstić information content (AvgIpc) is 3.21. The van der Waals surface area contributed by atoms with E-state index in [1.54, 1.807) is 11.1 Å². The normalized spacial score (nSPS) is 15.7. The molecular weight excluding hydrogens is 414 g/mol. The second kappa shape index (κ2) is 8.84. The Morgan fingerprint density at radius 1 is 1.04 bits per heavy atom. The minimum atomic E-state index is -0.826. The van der Waals surface area contributed by atoms with Crippen molar-refractivity contribution in [2.24, 2.45) is 0 Å². The quantitative estimate of drug-likeness (QED) is 0.504. The van der Waals surface area contributed by atoms with Crippen LogP contribution in [0, 0.1) is 6.42 Å². The van der Waals surface area contributed by atoms with Crippen LogP contribution in [0.5, 0.6) is 0 Å². The molecule has 3 heteroatoms. The van der Waals surface area contributed by atoms with Crippen LogP contribution in [-0.4, -0.2) is 0 Å². The summed E-state index contributed by atoms with van der Waals surface area (Å²) in [5.41, 5.74) is 9.03. The van der Waals surface area contributed by atoms with Crippen LogP contribution in [-0.2, 0) is 33.7 Å². The van der Waals surface area contributed by atoms with Crippen LogP contribution in [0.3, 0.4) is 0 Å². The molecule has 0 fully saturated rings. The van der Waals surface area contributed by atoms with E-state index in [0.29, 0.717) is 5.92 Å². The van der Waals surface area contributed by atoms with Gasteiger partial charge in [0, 0.05) is 6.42 Å². The summed E-state index contributed by atoms with van der Waals surface area (Å²) in [5, 5.41) is 0. The molecule has 1 unspecified atom stereocenters. The minimum absolute atomic E-state index is 0.574. The van der Waals surface area contributed by atoms with Crippen molar-refractivity contribution in [1.29, 1.82) is 0 Å². The van der Waals surface area contributed by atoms with E-state index in [4.69, 9.17) is 17.0 Å². The van der Waals surface area contributed by atoms with Crippen molar-refractivity contribution in [2.75, 3.05) is 0 Å². The van der Waals surface area contributed by atoms with E-state index < -0.39 is 20.8 Å². The zero-order valence-electron chi connectivity index (χ0n) is 13.9. The number of hydrogen-bond donors (Lipinski definition) is 0. The fourth-order valence-corrected chi connectivity index (χ4v) is 3.75. The van der Waals surface area contributed by atoms with E-state index in [-0.39, 0.29) is 0 Å². The van der Waals surface area contributed by atoms with E-state index in [1.807, 2.05) is 0 Å². The van der Waals surface area contributed by atoms with Gasteiger partial charge in [0.25, 0.3) is 0 Å². The Labute approximate surface area is 163 Å². The summed E-state index contributed by atoms with van der Waals surface area (Å²) in [6, 6.07) is 15.8. The molecule has 0 aliphatic heterocycles. The molecule has 2 aromatic carbocycles. The molecule has 0 bridgehead atoms. The molecule has 4 rings (SSSR count). The third-order valence-electron chi connectivity index (χ3n) is 4.97. The van der Waals surface area contributed by atoms with Crippen molar-refractivity contribution < 1.29 is 20.8 Å². The SMILES string of the molecule is CC(CC1=C[CH]c2cc3c(cc21)CCC3)c1ccccc1.[Cl][Zr][Cl]. The van der Waals surface area contributed by atoms with Crippen molar-refractivity contribution >= 4 is 22.6 Å². The molecule has 0 spiro atoms. The summed E-state index contributed by atoms with van der Waals surface area (Å²) in [7, 11) is 9.87. The predicted molar refractivity (Wildman–Crippen MR) is 101 cm³/mol. The summed E-state index contributed by atoms with van der Waals surface area (Å²) in [5.74, 6) is 0.574. The molecule has 1 atom stereocenters. The van der Waals surface area contributed by atoms with Crippen LogP contribution in [0.4, 0.5) is 0 Å². The first-order chi connectivity index (χ1) is 11.7. The van der Waals surface area contributed by atoms with Gasteiger partial charge in [-0.1, -0.05) is 55.5 Å². The van der Waals surface area contributed by atoms with Crippen LogP contribution in [0.15, 0.2) is 48.5 Å². The molecule has 0 aromatic heterocycles. The molecule has 0 saturated carbocycles. The first kappa shape index (κ1) is 18.4. The van der Waals surface area contributed by atoms with Gasteiger partial charge in [-0.15, -0.1) is 0 Å². The van der Waals surface area contributed by atoms with Crippen LogP contribution in [0.2, 0.25) is 0 Å². The van der Waals surface area contributed by atoms with Crippen molar-refractivity contribution in [3.63, 3.8) is 0 Å². The van der Waals surface area contributed by atoms with Gasteiger partial charge in [-0.2, -0.15) is 0 Å². The Kier molecular flexibility index (Phi) is 6.79. The summed E-state index contributed by atoms with van der Waals surface area (Å²) in [4.78, 5) is 0. The second-order valence-corrected chi connectivity index (χ2v) is 10.2. The van der Waals surface area contributed by atoms with Crippen LogP contribution < -0.4 is 0 Å². The summed E-state index contributed by atoms with van der Waals surface area (Å²) in [6.07, 6.45) is 9.64. The second-order valence-electron chi connectivity index (χ2n) is 6.51. The Bertz CT molecular complexity index is 722. The molecule has 123 valence electrons. The Balaban J connectivity index is 0.000000526. The molecule has 24 heavy (non-hydrogen) atoms. The summed E-state index contributed by atoms with van der Waals surface area (Å²) in [6.45, 7) is 2.33. The van der Waals surface area contributed by atoms with Crippen molar-refractivity contribution in [3.05, 3.63) is 82.8 Å². The zero-order chi connectivity index (χ0) is 16.9. The van der Waals surface area contributed by atoms with Gasteiger partial charge < -0.3 is 0 Å². The number of rotatable bonds is 3. The number of halogens is 2. The monoisotopic (exact) mass is 433 g/mol. The molecule has 2 aliphatic rings. The first-order valence-electron chi connectivity index (χ1n) is 8.44. The van der Waals surface area contributed by atoms with Crippen molar-refractivity contribution in [1.82, 2.24) is 0 Å². The number of hydrogen-bond acceptors (Lipinski definition) is 0. The topological polar surface area (TPSA) is 0 Å². The van der Waals surface area contributed by atoms with Gasteiger partial charge in [-0.3, -0.25) is 0 Å². The third-order valence-corrected chi connectivity index (χ3v) is 4.97. The molecule has 1 radical (unpaired) electrons. The van der Waals surface area contributed by atoms with Gasteiger partial charge in [-0.05, 0) is 65.0 Å². The maximum absolute atomic E-state index is 4.93. The maximum atomic E-state index is 4.93. The summed E-state index contributed by atoms with van der Waals surface area (Å²) < 4.78 is 0. The number of fused-ring (bicyclic) bond motifs is 2. The van der Waals surface area contributed by atoms with Crippen LogP contribution in [0.1, 0.15) is 53.5 Å².